The minimum atomic E-state index is 0.516. The lowest BCUT2D eigenvalue weighted by Gasteiger charge is -2.12. The Balaban J connectivity index is 1.93. The summed E-state index contributed by atoms with van der Waals surface area (Å²) in [5, 5.41) is 12.9. The highest BCUT2D eigenvalue weighted by Crippen LogP contribution is 2.11. The van der Waals surface area contributed by atoms with E-state index >= 15 is 0 Å². The smallest absolute Gasteiger partial charge is 0.240 e. The van der Waals surface area contributed by atoms with Crippen LogP contribution in [0.5, 0.6) is 0 Å². The Morgan fingerprint density at radius 1 is 1.43 bits per heavy atom. The molecule has 21 heavy (non-hydrogen) atoms. The molecule has 0 aromatic carbocycles. The maximum absolute atomic E-state index is 8.96. The summed E-state index contributed by atoms with van der Waals surface area (Å²) in [5.74, 6) is 1.91. The van der Waals surface area contributed by atoms with Gasteiger partial charge in [-0.25, -0.2) is 0 Å². The molecule has 0 atom stereocenters. The summed E-state index contributed by atoms with van der Waals surface area (Å²) >= 11 is 0. The maximum Gasteiger partial charge on any atom is 0.240 e. The van der Waals surface area contributed by atoms with Crippen LogP contribution >= 0.6 is 0 Å². The van der Waals surface area contributed by atoms with E-state index in [0.717, 1.165) is 24.4 Å². The van der Waals surface area contributed by atoms with E-state index in [2.05, 4.69) is 35.0 Å². The number of hydrogen-bond acceptors (Lipinski definition) is 5. The highest BCUT2D eigenvalue weighted by atomic mass is 16.5. The first-order chi connectivity index (χ1) is 9.97. The molecule has 0 aliphatic rings. The number of rotatable bonds is 6. The van der Waals surface area contributed by atoms with Crippen molar-refractivity contribution in [1.82, 2.24) is 19.6 Å². The normalized spacial score (nSPS) is 11.3. The van der Waals surface area contributed by atoms with Crippen molar-refractivity contribution in [2.24, 2.45) is 13.0 Å². The summed E-state index contributed by atoms with van der Waals surface area (Å²) < 4.78 is 7.09. The standard InChI is InChI=1S/C15H21N5O/c1-11(2)5-14-17-15(21-18-14)10-19(3)8-12-6-13(7-16)20(4)9-12/h6,9,11H,5,8,10H2,1-4H3. The van der Waals surface area contributed by atoms with Crippen LogP contribution < -0.4 is 0 Å². The van der Waals surface area contributed by atoms with E-state index in [4.69, 9.17) is 9.78 Å². The molecule has 6 nitrogen and oxygen atoms in total. The number of aromatic nitrogens is 3. The molecule has 6 heteroatoms. The molecule has 0 spiro atoms. The zero-order chi connectivity index (χ0) is 15.4. The third-order valence-corrected chi connectivity index (χ3v) is 3.13. The van der Waals surface area contributed by atoms with E-state index in [-0.39, 0.29) is 0 Å². The van der Waals surface area contributed by atoms with E-state index in [1.807, 2.05) is 30.9 Å². The SMILES string of the molecule is CC(C)Cc1noc(CN(C)Cc2cc(C#N)n(C)c2)n1. The third-order valence-electron chi connectivity index (χ3n) is 3.13. The van der Waals surface area contributed by atoms with Crippen molar-refractivity contribution in [2.75, 3.05) is 7.05 Å². The van der Waals surface area contributed by atoms with Crippen molar-refractivity contribution in [2.45, 2.75) is 33.4 Å². The molecule has 2 aromatic heterocycles. The monoisotopic (exact) mass is 287 g/mol. The van der Waals surface area contributed by atoms with E-state index in [9.17, 15) is 0 Å². The summed E-state index contributed by atoms with van der Waals surface area (Å²) in [6, 6.07) is 4.06. The van der Waals surface area contributed by atoms with Crippen LogP contribution in [0.4, 0.5) is 0 Å². The van der Waals surface area contributed by atoms with E-state index in [1.54, 1.807) is 0 Å². The van der Waals surface area contributed by atoms with Crippen LogP contribution in [0.1, 0.15) is 36.8 Å². The molecule has 2 heterocycles. The summed E-state index contributed by atoms with van der Waals surface area (Å²) in [5.41, 5.74) is 1.76. The van der Waals surface area contributed by atoms with Crippen molar-refractivity contribution in [3.05, 3.63) is 35.2 Å². The molecule has 0 saturated carbocycles. The first-order valence-corrected chi connectivity index (χ1v) is 7.03. The van der Waals surface area contributed by atoms with Crippen molar-refractivity contribution < 1.29 is 4.52 Å². The minimum absolute atomic E-state index is 0.516. The lowest BCUT2D eigenvalue weighted by Crippen LogP contribution is -2.17. The summed E-state index contributed by atoms with van der Waals surface area (Å²) in [4.78, 5) is 6.48. The molecule has 0 fully saturated rings. The lowest BCUT2D eigenvalue weighted by molar-refractivity contribution is 0.260. The highest BCUT2D eigenvalue weighted by molar-refractivity contribution is 5.28. The van der Waals surface area contributed by atoms with Gasteiger partial charge in [0.25, 0.3) is 0 Å². The van der Waals surface area contributed by atoms with E-state index < -0.39 is 0 Å². The summed E-state index contributed by atoms with van der Waals surface area (Å²) in [6.45, 7) is 5.59. The Bertz CT molecular complexity index is 635. The fraction of sp³-hybridized carbons (Fsp3) is 0.533. The molecule has 0 aliphatic heterocycles. The number of hydrogen-bond donors (Lipinski definition) is 0. The van der Waals surface area contributed by atoms with Gasteiger partial charge >= 0.3 is 0 Å². The Hall–Kier alpha value is -2.13. The average Bonchev–Trinajstić information content (AvgIpc) is 2.95. The molecular formula is C15H21N5O. The number of nitrogens with zero attached hydrogens (tertiary/aromatic N) is 5. The van der Waals surface area contributed by atoms with Gasteiger partial charge in [-0.2, -0.15) is 10.2 Å². The van der Waals surface area contributed by atoms with Gasteiger partial charge in [-0.15, -0.1) is 0 Å². The average molecular weight is 287 g/mol. The predicted octanol–water partition coefficient (Wildman–Crippen LogP) is 2.11. The quantitative estimate of drug-likeness (QED) is 0.813. The topological polar surface area (TPSA) is 70.9 Å². The second-order valence-electron chi connectivity index (χ2n) is 5.83. The summed E-state index contributed by atoms with van der Waals surface area (Å²) in [7, 11) is 3.86. The summed E-state index contributed by atoms with van der Waals surface area (Å²) in [6.07, 6.45) is 2.80. The van der Waals surface area contributed by atoms with Crippen LogP contribution in [0.2, 0.25) is 0 Å². The molecule has 0 bridgehead atoms. The Morgan fingerprint density at radius 2 is 2.19 bits per heavy atom. The molecular weight excluding hydrogens is 266 g/mol. The zero-order valence-corrected chi connectivity index (χ0v) is 13.0. The second-order valence-corrected chi connectivity index (χ2v) is 5.83. The maximum atomic E-state index is 8.96. The largest absolute Gasteiger partial charge is 0.342 e. The molecule has 112 valence electrons. The van der Waals surface area contributed by atoms with Gasteiger partial charge in [0.1, 0.15) is 11.8 Å². The fourth-order valence-electron chi connectivity index (χ4n) is 2.23. The molecule has 0 saturated heterocycles. The van der Waals surface area contributed by atoms with E-state index in [1.165, 1.54) is 0 Å². The number of aryl methyl sites for hydroxylation is 1. The van der Waals surface area contributed by atoms with Crippen LogP contribution in [-0.4, -0.2) is 26.7 Å². The van der Waals surface area contributed by atoms with Gasteiger partial charge in [-0.1, -0.05) is 19.0 Å². The van der Waals surface area contributed by atoms with Gasteiger partial charge in [0, 0.05) is 26.2 Å². The first-order valence-electron chi connectivity index (χ1n) is 7.03. The Kier molecular flexibility index (Phi) is 4.76. The lowest BCUT2D eigenvalue weighted by atomic mass is 10.1. The van der Waals surface area contributed by atoms with Crippen LogP contribution in [0.25, 0.3) is 0 Å². The Labute approximate surface area is 125 Å². The zero-order valence-electron chi connectivity index (χ0n) is 13.0. The molecule has 0 N–H and O–H groups in total. The van der Waals surface area contributed by atoms with E-state index in [0.29, 0.717) is 24.0 Å². The van der Waals surface area contributed by atoms with Gasteiger partial charge in [0.2, 0.25) is 5.89 Å². The molecule has 0 radical (unpaired) electrons. The van der Waals surface area contributed by atoms with Gasteiger partial charge < -0.3 is 9.09 Å². The van der Waals surface area contributed by atoms with Gasteiger partial charge in [0.15, 0.2) is 5.82 Å². The van der Waals surface area contributed by atoms with Crippen LogP contribution in [0, 0.1) is 17.2 Å². The molecule has 2 aromatic rings. The van der Waals surface area contributed by atoms with Crippen molar-refractivity contribution >= 4 is 0 Å². The predicted molar refractivity (Wildman–Crippen MR) is 78.1 cm³/mol. The first kappa shape index (κ1) is 15.3. The third kappa shape index (κ3) is 4.17. The van der Waals surface area contributed by atoms with Gasteiger partial charge in [-0.05, 0) is 24.6 Å². The minimum Gasteiger partial charge on any atom is -0.342 e. The van der Waals surface area contributed by atoms with Crippen LogP contribution in [-0.2, 0) is 26.6 Å². The Morgan fingerprint density at radius 3 is 2.81 bits per heavy atom. The van der Waals surface area contributed by atoms with Gasteiger partial charge in [-0.3, -0.25) is 4.90 Å². The van der Waals surface area contributed by atoms with Crippen LogP contribution in [0.3, 0.4) is 0 Å². The molecule has 0 unspecified atom stereocenters. The second kappa shape index (κ2) is 6.55. The highest BCUT2D eigenvalue weighted by Gasteiger charge is 2.11. The van der Waals surface area contributed by atoms with Crippen molar-refractivity contribution in [1.29, 1.82) is 5.26 Å². The van der Waals surface area contributed by atoms with Crippen LogP contribution in [0.15, 0.2) is 16.8 Å². The number of nitriles is 1. The van der Waals surface area contributed by atoms with Crippen molar-refractivity contribution in [3.8, 4) is 6.07 Å². The van der Waals surface area contributed by atoms with Gasteiger partial charge in [0.05, 0.1) is 6.54 Å². The molecule has 0 aliphatic carbocycles. The molecule has 2 rings (SSSR count). The fourth-order valence-corrected chi connectivity index (χ4v) is 2.23. The van der Waals surface area contributed by atoms with Crippen molar-refractivity contribution in [3.63, 3.8) is 0 Å². The molecule has 0 amide bonds.